The Morgan fingerprint density at radius 1 is 0.878 bits per heavy atom. The number of nitrogens with one attached hydrogen (secondary N) is 1. The number of rotatable bonds is 10. The number of amides is 1. The summed E-state index contributed by atoms with van der Waals surface area (Å²) < 4.78 is 83.1. The Morgan fingerprint density at radius 3 is 2.20 bits per heavy atom. The maximum atomic E-state index is 14.1. The van der Waals surface area contributed by atoms with Gasteiger partial charge in [0.1, 0.15) is 5.56 Å². The first-order chi connectivity index (χ1) is 23.6. The molecule has 1 amide bonds. The van der Waals surface area contributed by atoms with E-state index in [1.54, 1.807) is 29.9 Å². The van der Waals surface area contributed by atoms with Gasteiger partial charge in [-0.2, -0.15) is 0 Å². The van der Waals surface area contributed by atoms with Gasteiger partial charge < -0.3 is 19.9 Å². The van der Waals surface area contributed by atoms with Crippen LogP contribution in [0.4, 0.5) is 22.0 Å². The number of nitrogens with zero attached hydrogens (tertiary/aromatic N) is 4. The zero-order valence-electron chi connectivity index (χ0n) is 25.7. The van der Waals surface area contributed by atoms with E-state index in [0.29, 0.717) is 22.9 Å². The molecule has 3 unspecified atom stereocenters. The monoisotopic (exact) mass is 697 g/mol. The number of hydrogen-bond donors (Lipinski definition) is 2. The van der Waals surface area contributed by atoms with Crippen molar-refractivity contribution < 1.29 is 41.3 Å². The van der Waals surface area contributed by atoms with Gasteiger partial charge in [-0.15, -0.1) is 5.10 Å². The fourth-order valence-electron chi connectivity index (χ4n) is 5.30. The molecule has 1 aliphatic rings. The maximum Gasteiger partial charge on any atom is 0.257 e. The molecule has 15 heteroatoms. The molecule has 6 rings (SSSR count). The van der Waals surface area contributed by atoms with Gasteiger partial charge in [0, 0.05) is 31.3 Å². The Balaban J connectivity index is 1.16. The van der Waals surface area contributed by atoms with E-state index in [1.807, 2.05) is 54.6 Å². The summed E-state index contributed by atoms with van der Waals surface area (Å²) in [5.41, 5.74) is 3.01. The topological polar surface area (TPSA) is 111 Å². The second-order valence-electron chi connectivity index (χ2n) is 11.2. The van der Waals surface area contributed by atoms with E-state index in [-0.39, 0.29) is 25.4 Å². The molecule has 4 aromatic carbocycles. The molecule has 0 bridgehead atoms. The van der Waals surface area contributed by atoms with E-state index in [2.05, 4.69) is 20.8 Å². The van der Waals surface area contributed by atoms with Crippen molar-refractivity contribution in [3.8, 4) is 11.1 Å². The van der Waals surface area contributed by atoms with Crippen LogP contribution in [0.1, 0.15) is 51.4 Å². The van der Waals surface area contributed by atoms with Crippen LogP contribution in [-0.4, -0.2) is 43.1 Å². The zero-order chi connectivity index (χ0) is 34.7. The number of aliphatic hydroxyl groups excluding tert-OH is 1. The smallest absolute Gasteiger partial charge is 0.257 e. The van der Waals surface area contributed by atoms with Gasteiger partial charge in [-0.3, -0.25) is 4.79 Å². The van der Waals surface area contributed by atoms with Crippen LogP contribution in [0.25, 0.3) is 11.1 Å². The number of thioether (sulfide) groups is 1. The average molecular weight is 698 g/mol. The van der Waals surface area contributed by atoms with Gasteiger partial charge in [0.15, 0.2) is 29.6 Å². The van der Waals surface area contributed by atoms with E-state index < -0.39 is 46.8 Å². The lowest BCUT2D eigenvalue weighted by Gasteiger charge is -2.36. The van der Waals surface area contributed by atoms with Crippen LogP contribution >= 0.6 is 11.8 Å². The minimum Gasteiger partial charge on any atom is -0.392 e. The van der Waals surface area contributed by atoms with Crippen LogP contribution in [0.3, 0.4) is 0 Å². The highest BCUT2D eigenvalue weighted by Gasteiger charge is 2.33. The third-order valence-electron chi connectivity index (χ3n) is 7.93. The summed E-state index contributed by atoms with van der Waals surface area (Å²) in [5.74, 6) is -12.0. The van der Waals surface area contributed by atoms with Crippen LogP contribution < -0.4 is 5.32 Å². The molecule has 0 radical (unpaired) electrons. The molecule has 0 spiro atoms. The van der Waals surface area contributed by atoms with Crippen molar-refractivity contribution in [3.63, 3.8) is 0 Å². The Morgan fingerprint density at radius 2 is 1.55 bits per heavy atom. The fraction of sp³-hybridized carbons (Fsp3) is 0.235. The van der Waals surface area contributed by atoms with Gasteiger partial charge in [0.05, 0.1) is 18.8 Å². The molecule has 2 N–H and O–H groups in total. The van der Waals surface area contributed by atoms with Crippen molar-refractivity contribution in [2.24, 2.45) is 7.05 Å². The highest BCUT2D eigenvalue weighted by atomic mass is 32.2. The van der Waals surface area contributed by atoms with Gasteiger partial charge in [-0.25, -0.2) is 26.6 Å². The lowest BCUT2D eigenvalue weighted by atomic mass is 9.99. The first kappa shape index (κ1) is 34.2. The first-order valence-corrected chi connectivity index (χ1v) is 16.0. The van der Waals surface area contributed by atoms with Gasteiger partial charge in [-0.05, 0) is 44.3 Å². The van der Waals surface area contributed by atoms with Crippen molar-refractivity contribution in [2.75, 3.05) is 5.75 Å². The SMILES string of the molecule is Cn1nnnc1SCC1CC(c2ccc(CO)cc2)OC(c2ccc(-c3cccc(CNC(=O)c4c(F)c(F)c(F)c(F)c4F)c3)cc2)O1. The molecular formula is C34H28F5N5O4S. The molecule has 1 saturated heterocycles. The average Bonchev–Trinajstić information content (AvgIpc) is 3.55. The molecule has 254 valence electrons. The maximum absolute atomic E-state index is 14.1. The van der Waals surface area contributed by atoms with E-state index in [1.165, 1.54) is 11.8 Å². The Bertz CT molecular complexity index is 1930. The Labute approximate surface area is 281 Å². The lowest BCUT2D eigenvalue weighted by Crippen LogP contribution is -2.31. The predicted octanol–water partition coefficient (Wildman–Crippen LogP) is 6.33. The molecular weight excluding hydrogens is 669 g/mol. The van der Waals surface area contributed by atoms with E-state index in [4.69, 9.17) is 9.47 Å². The minimum absolute atomic E-state index is 0.0646. The number of carbonyl (C=O) groups is 1. The van der Waals surface area contributed by atoms with E-state index in [0.717, 1.165) is 27.8 Å². The number of aromatic nitrogens is 4. The van der Waals surface area contributed by atoms with Gasteiger partial charge >= 0.3 is 0 Å². The molecule has 3 atom stereocenters. The van der Waals surface area contributed by atoms with Crippen LogP contribution in [-0.2, 0) is 29.7 Å². The van der Waals surface area contributed by atoms with Crippen LogP contribution in [0.5, 0.6) is 0 Å². The molecule has 2 heterocycles. The Kier molecular flexibility index (Phi) is 10.3. The highest BCUT2D eigenvalue weighted by molar-refractivity contribution is 7.99. The van der Waals surface area contributed by atoms with Gasteiger partial charge in [0.25, 0.3) is 5.91 Å². The number of hydrogen-bond acceptors (Lipinski definition) is 8. The normalized spacial score (nSPS) is 17.7. The standard InChI is InChI=1S/C34H28F5N5O4S/c1-44-34(41-42-43-44)49-17-24-14-25(21-7-5-18(16-45)6-8-21)48-33(47-24)22-11-9-20(10-12-22)23-4-2-3-19(13-23)15-40-32(46)26-27(35)29(37)31(39)30(38)28(26)36/h2-13,24-25,33,45H,14-17H2,1H3,(H,40,46). The van der Waals surface area contributed by atoms with Crippen molar-refractivity contribution in [1.82, 2.24) is 25.5 Å². The van der Waals surface area contributed by atoms with Gasteiger partial charge in [-0.1, -0.05) is 78.5 Å². The van der Waals surface area contributed by atoms with Crippen LogP contribution in [0.2, 0.25) is 0 Å². The third-order valence-corrected chi connectivity index (χ3v) is 9.07. The summed E-state index contributed by atoms with van der Waals surface area (Å²) in [6.45, 7) is -0.302. The quantitative estimate of drug-likeness (QED) is 0.0754. The summed E-state index contributed by atoms with van der Waals surface area (Å²) in [7, 11) is 1.76. The van der Waals surface area contributed by atoms with Crippen molar-refractivity contribution in [3.05, 3.63) is 130 Å². The van der Waals surface area contributed by atoms with Crippen molar-refractivity contribution >= 4 is 17.7 Å². The molecule has 49 heavy (non-hydrogen) atoms. The molecule has 1 aliphatic heterocycles. The third kappa shape index (κ3) is 7.49. The lowest BCUT2D eigenvalue weighted by molar-refractivity contribution is -0.245. The predicted molar refractivity (Wildman–Crippen MR) is 167 cm³/mol. The molecule has 1 fully saturated rings. The summed E-state index contributed by atoms with van der Waals surface area (Å²) in [4.78, 5) is 12.4. The largest absolute Gasteiger partial charge is 0.392 e. The molecule has 9 nitrogen and oxygen atoms in total. The number of halogens is 5. The number of tetrazole rings is 1. The van der Waals surface area contributed by atoms with Crippen molar-refractivity contribution in [2.45, 2.75) is 43.2 Å². The van der Waals surface area contributed by atoms with Crippen molar-refractivity contribution in [1.29, 1.82) is 0 Å². The minimum atomic E-state index is -2.34. The number of carbonyl (C=O) groups excluding carboxylic acids is 1. The van der Waals surface area contributed by atoms with E-state index >= 15 is 0 Å². The number of aliphatic hydroxyl groups is 1. The summed E-state index contributed by atoms with van der Waals surface area (Å²) in [6, 6.07) is 21.9. The number of benzene rings is 4. The Hall–Kier alpha value is -4.70. The van der Waals surface area contributed by atoms with Crippen LogP contribution in [0, 0.1) is 29.1 Å². The highest BCUT2D eigenvalue weighted by Crippen LogP contribution is 2.39. The fourth-order valence-corrected chi connectivity index (χ4v) is 6.17. The molecule has 5 aromatic rings. The number of ether oxygens (including phenoxy) is 2. The molecule has 0 aliphatic carbocycles. The van der Waals surface area contributed by atoms with Crippen LogP contribution in [0.15, 0.2) is 78.0 Å². The summed E-state index contributed by atoms with van der Waals surface area (Å²) in [6.07, 6.45) is -0.610. The van der Waals surface area contributed by atoms with E-state index in [9.17, 15) is 31.9 Å². The first-order valence-electron chi connectivity index (χ1n) is 15.0. The molecule has 1 aromatic heterocycles. The summed E-state index contributed by atoms with van der Waals surface area (Å²) in [5, 5.41) is 23.9. The second kappa shape index (κ2) is 14.8. The second-order valence-corrected chi connectivity index (χ2v) is 12.2. The molecule has 0 saturated carbocycles. The summed E-state index contributed by atoms with van der Waals surface area (Å²) >= 11 is 1.47. The number of aryl methyl sites for hydroxylation is 1. The zero-order valence-corrected chi connectivity index (χ0v) is 26.6. The van der Waals surface area contributed by atoms with Gasteiger partial charge in [0.2, 0.25) is 11.0 Å².